The summed E-state index contributed by atoms with van der Waals surface area (Å²) in [6.07, 6.45) is 69.2. The summed E-state index contributed by atoms with van der Waals surface area (Å²) >= 11 is 0. The lowest BCUT2D eigenvalue weighted by atomic mass is 10.1. The average molecular weight is 938 g/mol. The molecule has 0 saturated heterocycles. The summed E-state index contributed by atoms with van der Waals surface area (Å²) in [6.45, 7) is 6.52. The molecule has 0 amide bonds. The van der Waals surface area contributed by atoms with Crippen molar-refractivity contribution in [2.75, 3.05) is 13.2 Å². The Kier molecular flexibility index (Phi) is 53.3. The molecule has 67 heavy (non-hydrogen) atoms. The summed E-state index contributed by atoms with van der Waals surface area (Å²) in [4.78, 5) is 38.2. The molecule has 0 spiro atoms. The predicted octanol–water partition coefficient (Wildman–Crippen LogP) is 19.2. The molecule has 0 radical (unpaired) electrons. The van der Waals surface area contributed by atoms with Gasteiger partial charge in [0.05, 0.1) is 0 Å². The number of carbonyl (C=O) groups excluding carboxylic acids is 3. The Hall–Kier alpha value is -2.89. The van der Waals surface area contributed by atoms with E-state index < -0.39 is 6.10 Å². The van der Waals surface area contributed by atoms with Gasteiger partial charge in [-0.3, -0.25) is 14.4 Å². The van der Waals surface area contributed by atoms with E-state index in [2.05, 4.69) is 81.5 Å². The normalized spacial score (nSPS) is 12.5. The first kappa shape index (κ1) is 64.1. The Morgan fingerprint density at radius 1 is 0.313 bits per heavy atom. The molecule has 1 unspecified atom stereocenters. The number of hydrogen-bond acceptors (Lipinski definition) is 6. The molecular formula is C61H108O6. The molecule has 388 valence electrons. The summed E-state index contributed by atoms with van der Waals surface area (Å²) < 4.78 is 16.9. The lowest BCUT2D eigenvalue weighted by molar-refractivity contribution is -0.167. The van der Waals surface area contributed by atoms with Crippen LogP contribution in [0.25, 0.3) is 0 Å². The van der Waals surface area contributed by atoms with Gasteiger partial charge in [0.2, 0.25) is 0 Å². The van der Waals surface area contributed by atoms with Crippen LogP contribution in [0.15, 0.2) is 60.8 Å². The third-order valence-electron chi connectivity index (χ3n) is 12.5. The SMILES string of the molecule is CC/C=C\C/C=C\C/C=C\CCCCCCCC(=O)OCC(COC(=O)CCCCCCCCC/C=C\CCCCCCCC)OC(=O)CCCCCCCCC/C=C\CCCCCCCC. The van der Waals surface area contributed by atoms with E-state index in [0.717, 1.165) is 96.3 Å². The number of esters is 3. The smallest absolute Gasteiger partial charge is 0.306 e. The van der Waals surface area contributed by atoms with E-state index in [1.54, 1.807) is 0 Å². The predicted molar refractivity (Wildman–Crippen MR) is 288 cm³/mol. The van der Waals surface area contributed by atoms with Crippen molar-refractivity contribution in [3.05, 3.63) is 60.8 Å². The average Bonchev–Trinajstić information content (AvgIpc) is 3.33. The molecule has 0 aromatic heterocycles. The van der Waals surface area contributed by atoms with Crippen molar-refractivity contribution in [3.8, 4) is 0 Å². The molecule has 6 nitrogen and oxygen atoms in total. The second-order valence-corrected chi connectivity index (χ2v) is 19.2. The van der Waals surface area contributed by atoms with Crippen molar-refractivity contribution >= 4 is 17.9 Å². The molecule has 6 heteroatoms. The molecule has 0 fully saturated rings. The van der Waals surface area contributed by atoms with Gasteiger partial charge in [-0.05, 0) is 103 Å². The summed E-state index contributed by atoms with van der Waals surface area (Å²) in [6, 6.07) is 0. The highest BCUT2D eigenvalue weighted by atomic mass is 16.6. The maximum absolute atomic E-state index is 12.9. The standard InChI is InChI=1S/C61H108O6/c1-4-7-10-13-16-19-22-25-28-30-33-36-39-42-45-48-51-54-60(63)66-57-58(56-65-59(62)53-50-47-44-41-38-35-32-27-24-21-18-15-12-9-6-3)67-61(64)55-52-49-46-43-40-37-34-31-29-26-23-20-17-14-11-8-5-2/h9,12,18,21,25-29,32,58H,4-8,10-11,13-17,19-20,22-24,30-31,33-57H2,1-3H3/b12-9-,21-18-,28-25-,29-26-,32-27-. The lowest BCUT2D eigenvalue weighted by Crippen LogP contribution is -2.30. The topological polar surface area (TPSA) is 78.9 Å². The van der Waals surface area contributed by atoms with Gasteiger partial charge in [0, 0.05) is 19.3 Å². The highest BCUT2D eigenvalue weighted by Crippen LogP contribution is 2.15. The van der Waals surface area contributed by atoms with Crippen LogP contribution in [0.4, 0.5) is 0 Å². The van der Waals surface area contributed by atoms with Crippen LogP contribution in [0, 0.1) is 0 Å². The largest absolute Gasteiger partial charge is 0.462 e. The summed E-state index contributed by atoms with van der Waals surface area (Å²) in [5, 5.41) is 0. The Balaban J connectivity index is 4.40. The van der Waals surface area contributed by atoms with Gasteiger partial charge in [0.1, 0.15) is 13.2 Å². The Morgan fingerprint density at radius 2 is 0.582 bits per heavy atom. The van der Waals surface area contributed by atoms with Crippen molar-refractivity contribution in [2.24, 2.45) is 0 Å². The molecule has 0 aromatic carbocycles. The van der Waals surface area contributed by atoms with Crippen LogP contribution >= 0.6 is 0 Å². The van der Waals surface area contributed by atoms with Gasteiger partial charge in [-0.2, -0.15) is 0 Å². The van der Waals surface area contributed by atoms with Gasteiger partial charge in [0.25, 0.3) is 0 Å². The zero-order valence-corrected chi connectivity index (χ0v) is 44.4. The number of unbranched alkanes of at least 4 members (excludes halogenated alkanes) is 31. The van der Waals surface area contributed by atoms with E-state index in [0.29, 0.717) is 19.3 Å². The minimum atomic E-state index is -0.785. The van der Waals surface area contributed by atoms with Crippen molar-refractivity contribution in [2.45, 2.75) is 297 Å². The first-order valence-corrected chi connectivity index (χ1v) is 28.8. The highest BCUT2D eigenvalue weighted by molar-refractivity contribution is 5.71. The fraction of sp³-hybridized carbons (Fsp3) is 0.787. The van der Waals surface area contributed by atoms with Gasteiger partial charge >= 0.3 is 17.9 Å². The number of ether oxygens (including phenoxy) is 3. The molecule has 0 aliphatic rings. The van der Waals surface area contributed by atoms with Crippen LogP contribution in [-0.2, 0) is 28.6 Å². The minimum Gasteiger partial charge on any atom is -0.462 e. The Bertz CT molecular complexity index is 1210. The molecule has 0 rings (SSSR count). The number of hydrogen-bond donors (Lipinski definition) is 0. The monoisotopic (exact) mass is 937 g/mol. The van der Waals surface area contributed by atoms with Gasteiger partial charge in [-0.15, -0.1) is 0 Å². The number of carbonyl (C=O) groups is 3. The van der Waals surface area contributed by atoms with E-state index in [-0.39, 0.29) is 31.1 Å². The lowest BCUT2D eigenvalue weighted by Gasteiger charge is -2.18. The van der Waals surface area contributed by atoms with E-state index in [9.17, 15) is 14.4 Å². The van der Waals surface area contributed by atoms with Crippen LogP contribution in [0.2, 0.25) is 0 Å². The second kappa shape index (κ2) is 55.7. The zero-order valence-electron chi connectivity index (χ0n) is 44.4. The first-order chi connectivity index (χ1) is 33.0. The van der Waals surface area contributed by atoms with Crippen LogP contribution in [0.5, 0.6) is 0 Å². The van der Waals surface area contributed by atoms with E-state index in [4.69, 9.17) is 14.2 Å². The Labute approximate surface area is 415 Å². The number of allylic oxidation sites excluding steroid dienone is 10. The van der Waals surface area contributed by atoms with Crippen LogP contribution in [-0.4, -0.2) is 37.2 Å². The van der Waals surface area contributed by atoms with E-state index in [1.807, 2.05) is 0 Å². The maximum atomic E-state index is 12.9. The second-order valence-electron chi connectivity index (χ2n) is 19.2. The third kappa shape index (κ3) is 53.9. The minimum absolute atomic E-state index is 0.0828. The van der Waals surface area contributed by atoms with Crippen LogP contribution in [0.3, 0.4) is 0 Å². The van der Waals surface area contributed by atoms with Gasteiger partial charge in [0.15, 0.2) is 6.10 Å². The van der Waals surface area contributed by atoms with Crippen molar-refractivity contribution in [1.29, 1.82) is 0 Å². The highest BCUT2D eigenvalue weighted by Gasteiger charge is 2.19. The maximum Gasteiger partial charge on any atom is 0.306 e. The number of rotatable bonds is 52. The molecule has 0 saturated carbocycles. The molecule has 0 aliphatic carbocycles. The molecule has 0 aromatic rings. The summed E-state index contributed by atoms with van der Waals surface area (Å²) in [5.74, 6) is -0.898. The van der Waals surface area contributed by atoms with E-state index >= 15 is 0 Å². The molecule has 0 bridgehead atoms. The quantitative estimate of drug-likeness (QED) is 0.0262. The summed E-state index contributed by atoms with van der Waals surface area (Å²) in [7, 11) is 0. The van der Waals surface area contributed by atoms with Gasteiger partial charge in [-0.1, -0.05) is 229 Å². The first-order valence-electron chi connectivity index (χ1n) is 28.8. The van der Waals surface area contributed by atoms with E-state index in [1.165, 1.54) is 154 Å². The summed E-state index contributed by atoms with van der Waals surface area (Å²) in [5.41, 5.74) is 0. The molecule has 0 heterocycles. The van der Waals surface area contributed by atoms with Gasteiger partial charge < -0.3 is 14.2 Å². The Morgan fingerprint density at radius 3 is 0.925 bits per heavy atom. The van der Waals surface area contributed by atoms with Crippen molar-refractivity contribution in [1.82, 2.24) is 0 Å². The molecular weight excluding hydrogens is 829 g/mol. The van der Waals surface area contributed by atoms with Gasteiger partial charge in [-0.25, -0.2) is 0 Å². The zero-order chi connectivity index (χ0) is 48.6. The van der Waals surface area contributed by atoms with Crippen molar-refractivity contribution < 1.29 is 28.6 Å². The third-order valence-corrected chi connectivity index (χ3v) is 12.5. The fourth-order valence-electron chi connectivity index (χ4n) is 8.15. The van der Waals surface area contributed by atoms with Crippen LogP contribution in [0.1, 0.15) is 290 Å². The molecule has 0 aliphatic heterocycles. The van der Waals surface area contributed by atoms with Crippen molar-refractivity contribution in [3.63, 3.8) is 0 Å². The van der Waals surface area contributed by atoms with Crippen LogP contribution < -0.4 is 0 Å². The fourth-order valence-corrected chi connectivity index (χ4v) is 8.15. The molecule has 0 N–H and O–H groups in total. The molecule has 1 atom stereocenters.